The van der Waals surface area contributed by atoms with E-state index in [1.165, 1.54) is 18.2 Å². The number of rotatable bonds is 3. The van der Waals surface area contributed by atoms with Gasteiger partial charge in [0.05, 0.1) is 5.56 Å². The van der Waals surface area contributed by atoms with Gasteiger partial charge in [0.25, 0.3) is 11.8 Å². The first kappa shape index (κ1) is 11.6. The van der Waals surface area contributed by atoms with Gasteiger partial charge in [0.15, 0.2) is 5.69 Å². The molecule has 0 aliphatic heterocycles. The lowest BCUT2D eigenvalue weighted by molar-refractivity contribution is 0.0989. The number of nitrogens with two attached hydrogens (primary N) is 2. The Hall–Kier alpha value is -2.90. The second-order valence-corrected chi connectivity index (χ2v) is 3.48. The van der Waals surface area contributed by atoms with E-state index in [0.29, 0.717) is 5.56 Å². The average molecular weight is 247 g/mol. The highest BCUT2D eigenvalue weighted by atomic mass is 16.3. The number of hydrogen-bond acceptors (Lipinski definition) is 5. The lowest BCUT2D eigenvalue weighted by Crippen LogP contribution is -2.13. The van der Waals surface area contributed by atoms with Crippen molar-refractivity contribution < 1.29 is 14.7 Å². The van der Waals surface area contributed by atoms with Gasteiger partial charge in [-0.2, -0.15) is 15.4 Å². The number of amides is 2. The number of carbonyl (C=O) groups excluding carboxylic acids is 2. The summed E-state index contributed by atoms with van der Waals surface area (Å²) in [5.74, 6) is -1.80. The summed E-state index contributed by atoms with van der Waals surface area (Å²) in [5.41, 5.74) is 10.7. The fourth-order valence-electron chi connectivity index (χ4n) is 1.48. The summed E-state index contributed by atoms with van der Waals surface area (Å²) < 4.78 is 0. The third-order valence-electron chi connectivity index (χ3n) is 2.32. The number of aromatic hydroxyl groups is 1. The molecule has 2 rings (SSSR count). The van der Waals surface area contributed by atoms with Crippen LogP contribution in [0, 0.1) is 0 Å². The average Bonchev–Trinajstić information content (AvgIpc) is 2.78. The smallest absolute Gasteiger partial charge is 0.271 e. The zero-order chi connectivity index (χ0) is 13.3. The SMILES string of the molecule is NC(=O)c1cc(-c2n[nH]nc2C(N)=O)ccc1O. The highest BCUT2D eigenvalue weighted by molar-refractivity contribution is 5.99. The van der Waals surface area contributed by atoms with E-state index >= 15 is 0 Å². The van der Waals surface area contributed by atoms with Gasteiger partial charge >= 0.3 is 0 Å². The summed E-state index contributed by atoms with van der Waals surface area (Å²) in [5, 5.41) is 19.1. The minimum atomic E-state index is -0.793. The predicted octanol–water partition coefficient (Wildman–Crippen LogP) is -0.625. The van der Waals surface area contributed by atoms with Gasteiger partial charge in [-0.25, -0.2) is 0 Å². The van der Waals surface area contributed by atoms with Crippen molar-refractivity contribution >= 4 is 11.8 Å². The number of aromatic amines is 1. The van der Waals surface area contributed by atoms with Crippen molar-refractivity contribution in [3.05, 3.63) is 29.5 Å². The summed E-state index contributed by atoms with van der Waals surface area (Å²) >= 11 is 0. The number of primary amides is 2. The van der Waals surface area contributed by atoms with Gasteiger partial charge in [0.2, 0.25) is 0 Å². The molecule has 92 valence electrons. The number of carbonyl (C=O) groups is 2. The molecule has 2 aromatic rings. The van der Waals surface area contributed by atoms with E-state index in [-0.39, 0.29) is 22.7 Å². The molecule has 0 saturated carbocycles. The van der Waals surface area contributed by atoms with Crippen molar-refractivity contribution in [2.24, 2.45) is 11.5 Å². The van der Waals surface area contributed by atoms with Crippen LogP contribution in [-0.2, 0) is 0 Å². The first-order valence-corrected chi connectivity index (χ1v) is 4.84. The molecule has 18 heavy (non-hydrogen) atoms. The zero-order valence-electron chi connectivity index (χ0n) is 9.04. The minimum Gasteiger partial charge on any atom is -0.507 e. The molecule has 0 spiro atoms. The molecule has 0 radical (unpaired) electrons. The number of phenols is 1. The van der Waals surface area contributed by atoms with Crippen LogP contribution in [0.1, 0.15) is 20.8 Å². The maximum atomic E-state index is 11.1. The normalized spacial score (nSPS) is 10.2. The Morgan fingerprint density at radius 3 is 2.50 bits per heavy atom. The van der Waals surface area contributed by atoms with Crippen molar-refractivity contribution in [3.63, 3.8) is 0 Å². The molecule has 0 atom stereocenters. The number of nitrogens with one attached hydrogen (secondary N) is 1. The lowest BCUT2D eigenvalue weighted by Gasteiger charge is -2.03. The molecule has 0 saturated heterocycles. The fourth-order valence-corrected chi connectivity index (χ4v) is 1.48. The number of hydrogen-bond donors (Lipinski definition) is 4. The van der Waals surface area contributed by atoms with Gasteiger partial charge in [0, 0.05) is 5.56 Å². The fraction of sp³-hybridized carbons (Fsp3) is 0. The molecule has 8 nitrogen and oxygen atoms in total. The first-order chi connectivity index (χ1) is 8.50. The molecule has 1 aromatic heterocycles. The van der Waals surface area contributed by atoms with Crippen LogP contribution in [0.5, 0.6) is 5.75 Å². The molecule has 0 aliphatic carbocycles. The Balaban J connectivity index is 2.58. The van der Waals surface area contributed by atoms with Crippen LogP contribution in [0.25, 0.3) is 11.3 Å². The molecule has 0 aliphatic rings. The summed E-state index contributed by atoms with van der Waals surface area (Å²) in [7, 11) is 0. The number of nitrogens with zero attached hydrogens (tertiary/aromatic N) is 2. The summed E-state index contributed by atoms with van der Waals surface area (Å²) in [6, 6.07) is 4.04. The van der Waals surface area contributed by atoms with E-state index in [4.69, 9.17) is 11.5 Å². The molecule has 1 heterocycles. The third-order valence-corrected chi connectivity index (χ3v) is 2.32. The van der Waals surface area contributed by atoms with Gasteiger partial charge in [-0.3, -0.25) is 9.59 Å². The topological polar surface area (TPSA) is 148 Å². The second kappa shape index (κ2) is 4.17. The Labute approximate surface area is 101 Å². The quantitative estimate of drug-likeness (QED) is 0.570. The van der Waals surface area contributed by atoms with Crippen molar-refractivity contribution in [2.75, 3.05) is 0 Å². The Bertz CT molecular complexity index is 634. The molecular formula is C10H9N5O3. The Kier molecular flexibility index (Phi) is 2.68. The van der Waals surface area contributed by atoms with Gasteiger partial charge < -0.3 is 16.6 Å². The van der Waals surface area contributed by atoms with E-state index in [1.807, 2.05) is 0 Å². The van der Waals surface area contributed by atoms with Crippen molar-refractivity contribution in [1.82, 2.24) is 15.4 Å². The molecule has 6 N–H and O–H groups in total. The standard InChI is InChI=1S/C10H9N5O3/c11-9(17)5-3-4(1-2-6(5)16)7-8(10(12)18)14-15-13-7/h1-3,16H,(H2,11,17)(H2,12,18)(H,13,14,15). The van der Waals surface area contributed by atoms with E-state index in [9.17, 15) is 14.7 Å². The van der Waals surface area contributed by atoms with Crippen LogP contribution in [0.3, 0.4) is 0 Å². The minimum absolute atomic E-state index is 0.0592. The first-order valence-electron chi connectivity index (χ1n) is 4.84. The summed E-state index contributed by atoms with van der Waals surface area (Å²) in [4.78, 5) is 22.2. The molecule has 2 amide bonds. The predicted molar refractivity (Wildman–Crippen MR) is 60.5 cm³/mol. The van der Waals surface area contributed by atoms with E-state index in [2.05, 4.69) is 15.4 Å². The Morgan fingerprint density at radius 2 is 1.89 bits per heavy atom. The monoisotopic (exact) mass is 247 g/mol. The lowest BCUT2D eigenvalue weighted by atomic mass is 10.1. The van der Waals surface area contributed by atoms with E-state index < -0.39 is 11.8 Å². The van der Waals surface area contributed by atoms with Crippen LogP contribution < -0.4 is 11.5 Å². The van der Waals surface area contributed by atoms with Crippen LogP contribution in [0.2, 0.25) is 0 Å². The van der Waals surface area contributed by atoms with Gasteiger partial charge in [0.1, 0.15) is 11.4 Å². The molecule has 0 bridgehead atoms. The third kappa shape index (κ3) is 1.86. The molecule has 1 aromatic carbocycles. The molecular weight excluding hydrogens is 238 g/mol. The summed E-state index contributed by atoms with van der Waals surface area (Å²) in [6.45, 7) is 0. The highest BCUT2D eigenvalue weighted by Crippen LogP contribution is 2.25. The second-order valence-electron chi connectivity index (χ2n) is 3.48. The van der Waals surface area contributed by atoms with Crippen LogP contribution >= 0.6 is 0 Å². The molecule has 0 fully saturated rings. The van der Waals surface area contributed by atoms with Gasteiger partial charge in [-0.1, -0.05) is 0 Å². The summed E-state index contributed by atoms with van der Waals surface area (Å²) in [6.07, 6.45) is 0. The molecule has 0 unspecified atom stereocenters. The maximum Gasteiger partial charge on any atom is 0.271 e. The van der Waals surface area contributed by atoms with Crippen LogP contribution in [0.4, 0.5) is 0 Å². The van der Waals surface area contributed by atoms with Crippen molar-refractivity contribution in [3.8, 4) is 17.0 Å². The molecule has 8 heteroatoms. The largest absolute Gasteiger partial charge is 0.507 e. The Morgan fingerprint density at radius 1 is 1.17 bits per heavy atom. The number of benzene rings is 1. The highest BCUT2D eigenvalue weighted by Gasteiger charge is 2.17. The van der Waals surface area contributed by atoms with E-state index in [1.54, 1.807) is 0 Å². The van der Waals surface area contributed by atoms with Crippen molar-refractivity contribution in [1.29, 1.82) is 0 Å². The van der Waals surface area contributed by atoms with Gasteiger partial charge in [-0.05, 0) is 18.2 Å². The number of aromatic nitrogens is 3. The number of H-pyrrole nitrogens is 1. The maximum absolute atomic E-state index is 11.1. The van der Waals surface area contributed by atoms with E-state index in [0.717, 1.165) is 0 Å². The van der Waals surface area contributed by atoms with Crippen LogP contribution in [0.15, 0.2) is 18.2 Å². The van der Waals surface area contributed by atoms with Gasteiger partial charge in [-0.15, -0.1) is 0 Å². The zero-order valence-corrected chi connectivity index (χ0v) is 9.04. The van der Waals surface area contributed by atoms with Crippen molar-refractivity contribution in [2.45, 2.75) is 0 Å². The van der Waals surface area contributed by atoms with Crippen LogP contribution in [-0.4, -0.2) is 32.3 Å².